The molecule has 1 heterocycles. The molecule has 2 rings (SSSR count). The molecule has 1 aromatic carbocycles. The summed E-state index contributed by atoms with van der Waals surface area (Å²) >= 11 is 0. The molecule has 1 aromatic rings. The number of amides is 3. The molecule has 0 saturated carbocycles. The summed E-state index contributed by atoms with van der Waals surface area (Å²) in [7, 11) is 0. The van der Waals surface area contributed by atoms with Crippen LogP contribution in [-0.4, -0.2) is 22.9 Å². The van der Waals surface area contributed by atoms with Gasteiger partial charge in [0.2, 0.25) is 0 Å². The van der Waals surface area contributed by atoms with E-state index in [0.29, 0.717) is 13.0 Å². The van der Waals surface area contributed by atoms with E-state index in [2.05, 4.69) is 5.32 Å². The summed E-state index contributed by atoms with van der Waals surface area (Å²) in [6.45, 7) is 4.36. The molecule has 0 radical (unpaired) electrons. The SMILES string of the molecule is CCC[C@H]1NC(=O)N(Cc2ccc(C)cc2)C1=O. The lowest BCUT2D eigenvalue weighted by Crippen LogP contribution is -2.30. The Morgan fingerprint density at radius 2 is 1.89 bits per heavy atom. The summed E-state index contributed by atoms with van der Waals surface area (Å²) in [6, 6.07) is 7.24. The van der Waals surface area contributed by atoms with Crippen molar-refractivity contribution < 1.29 is 9.59 Å². The fourth-order valence-corrected chi connectivity index (χ4v) is 2.09. The molecule has 0 aromatic heterocycles. The van der Waals surface area contributed by atoms with Gasteiger partial charge in [0.25, 0.3) is 5.91 Å². The average Bonchev–Trinajstić information content (AvgIpc) is 2.60. The van der Waals surface area contributed by atoms with E-state index in [-0.39, 0.29) is 18.0 Å². The maximum atomic E-state index is 12.0. The van der Waals surface area contributed by atoms with Gasteiger partial charge in [-0.15, -0.1) is 0 Å². The van der Waals surface area contributed by atoms with E-state index in [1.165, 1.54) is 10.5 Å². The number of aryl methyl sites for hydroxylation is 1. The van der Waals surface area contributed by atoms with Crippen LogP contribution in [0.1, 0.15) is 30.9 Å². The first-order valence-electron chi connectivity index (χ1n) is 6.29. The number of hydrogen-bond acceptors (Lipinski definition) is 2. The van der Waals surface area contributed by atoms with Gasteiger partial charge >= 0.3 is 6.03 Å². The van der Waals surface area contributed by atoms with Crippen molar-refractivity contribution in [3.63, 3.8) is 0 Å². The van der Waals surface area contributed by atoms with Crippen molar-refractivity contribution in [2.75, 3.05) is 0 Å². The van der Waals surface area contributed by atoms with E-state index in [4.69, 9.17) is 0 Å². The summed E-state index contributed by atoms with van der Waals surface area (Å²) in [5.74, 6) is -0.109. The third kappa shape index (κ3) is 2.53. The Bertz CT molecular complexity index is 453. The number of nitrogens with zero attached hydrogens (tertiary/aromatic N) is 1. The Morgan fingerprint density at radius 1 is 1.22 bits per heavy atom. The fraction of sp³-hybridized carbons (Fsp3) is 0.429. The number of carbonyl (C=O) groups is 2. The van der Waals surface area contributed by atoms with Crippen LogP contribution in [-0.2, 0) is 11.3 Å². The molecule has 0 unspecified atom stereocenters. The van der Waals surface area contributed by atoms with Crippen LogP contribution in [0.4, 0.5) is 4.79 Å². The number of carbonyl (C=O) groups excluding carboxylic acids is 2. The number of benzene rings is 1. The number of hydrogen-bond donors (Lipinski definition) is 1. The Hall–Kier alpha value is -1.84. The highest BCUT2D eigenvalue weighted by Crippen LogP contribution is 2.15. The minimum atomic E-state index is -0.340. The van der Waals surface area contributed by atoms with Crippen LogP contribution in [0.2, 0.25) is 0 Å². The van der Waals surface area contributed by atoms with E-state index in [1.54, 1.807) is 0 Å². The lowest BCUT2D eigenvalue weighted by Gasteiger charge is -2.13. The summed E-state index contributed by atoms with van der Waals surface area (Å²) in [5.41, 5.74) is 2.14. The lowest BCUT2D eigenvalue weighted by atomic mass is 10.1. The van der Waals surface area contributed by atoms with Crippen molar-refractivity contribution in [3.05, 3.63) is 35.4 Å². The maximum Gasteiger partial charge on any atom is 0.325 e. The van der Waals surface area contributed by atoms with Crippen molar-refractivity contribution in [1.29, 1.82) is 0 Å². The van der Waals surface area contributed by atoms with Gasteiger partial charge in [0.15, 0.2) is 0 Å². The van der Waals surface area contributed by atoms with Gasteiger partial charge < -0.3 is 5.32 Å². The van der Waals surface area contributed by atoms with Gasteiger partial charge in [-0.1, -0.05) is 43.2 Å². The van der Waals surface area contributed by atoms with Crippen molar-refractivity contribution >= 4 is 11.9 Å². The summed E-state index contributed by atoms with van der Waals surface area (Å²) in [5, 5.41) is 2.72. The van der Waals surface area contributed by atoms with Gasteiger partial charge in [0, 0.05) is 0 Å². The molecule has 0 bridgehead atoms. The molecule has 0 aliphatic carbocycles. The van der Waals surface area contributed by atoms with Crippen LogP contribution < -0.4 is 5.32 Å². The number of urea groups is 1. The minimum absolute atomic E-state index is 0.109. The van der Waals surface area contributed by atoms with E-state index in [0.717, 1.165) is 12.0 Å². The molecule has 1 atom stereocenters. The molecule has 4 nitrogen and oxygen atoms in total. The van der Waals surface area contributed by atoms with Crippen molar-refractivity contribution in [2.24, 2.45) is 0 Å². The van der Waals surface area contributed by atoms with Crippen LogP contribution in [0.3, 0.4) is 0 Å². The molecule has 1 aliphatic heterocycles. The molecule has 18 heavy (non-hydrogen) atoms. The van der Waals surface area contributed by atoms with Gasteiger partial charge in [-0.3, -0.25) is 9.69 Å². The molecular weight excluding hydrogens is 228 g/mol. The Balaban J connectivity index is 2.07. The van der Waals surface area contributed by atoms with Gasteiger partial charge in [-0.2, -0.15) is 0 Å². The summed E-state index contributed by atoms with van der Waals surface area (Å²) in [4.78, 5) is 25.1. The predicted molar refractivity (Wildman–Crippen MR) is 69.0 cm³/mol. The number of rotatable bonds is 4. The van der Waals surface area contributed by atoms with Crippen molar-refractivity contribution in [3.8, 4) is 0 Å². The molecular formula is C14H18N2O2. The zero-order chi connectivity index (χ0) is 13.1. The van der Waals surface area contributed by atoms with Crippen LogP contribution in [0.5, 0.6) is 0 Å². The van der Waals surface area contributed by atoms with E-state index < -0.39 is 0 Å². The number of nitrogens with one attached hydrogen (secondary N) is 1. The second kappa shape index (κ2) is 5.21. The number of imide groups is 1. The quantitative estimate of drug-likeness (QED) is 0.828. The van der Waals surface area contributed by atoms with E-state index >= 15 is 0 Å². The maximum absolute atomic E-state index is 12.0. The van der Waals surface area contributed by atoms with Gasteiger partial charge in [-0.25, -0.2) is 4.79 Å². The Labute approximate surface area is 107 Å². The van der Waals surface area contributed by atoms with Crippen LogP contribution in [0, 0.1) is 6.92 Å². The topological polar surface area (TPSA) is 49.4 Å². The summed E-state index contributed by atoms with van der Waals surface area (Å²) in [6.07, 6.45) is 1.59. The zero-order valence-corrected chi connectivity index (χ0v) is 10.8. The Kier molecular flexibility index (Phi) is 3.65. The molecule has 1 fully saturated rings. The van der Waals surface area contributed by atoms with Gasteiger partial charge in [0.05, 0.1) is 6.54 Å². The van der Waals surface area contributed by atoms with Crippen molar-refractivity contribution in [2.45, 2.75) is 39.3 Å². The molecule has 1 aliphatic rings. The van der Waals surface area contributed by atoms with E-state index in [1.807, 2.05) is 38.1 Å². The first-order valence-corrected chi connectivity index (χ1v) is 6.29. The van der Waals surface area contributed by atoms with Gasteiger partial charge in [-0.05, 0) is 18.9 Å². The molecule has 0 spiro atoms. The lowest BCUT2D eigenvalue weighted by molar-refractivity contribution is -0.128. The molecule has 1 N–H and O–H groups in total. The second-order valence-corrected chi connectivity index (χ2v) is 4.70. The molecule has 96 valence electrons. The normalized spacial score (nSPS) is 19.2. The Morgan fingerprint density at radius 3 is 2.50 bits per heavy atom. The standard InChI is InChI=1S/C14H18N2O2/c1-3-4-12-13(17)16(14(18)15-12)9-11-7-5-10(2)6-8-11/h5-8,12H,3-4,9H2,1-2H3,(H,15,18)/t12-/m1/s1. The van der Waals surface area contributed by atoms with Crippen molar-refractivity contribution in [1.82, 2.24) is 10.2 Å². The highest BCUT2D eigenvalue weighted by atomic mass is 16.2. The highest BCUT2D eigenvalue weighted by molar-refractivity contribution is 6.04. The van der Waals surface area contributed by atoms with Crippen LogP contribution in [0.15, 0.2) is 24.3 Å². The largest absolute Gasteiger partial charge is 0.326 e. The third-order valence-electron chi connectivity index (χ3n) is 3.15. The predicted octanol–water partition coefficient (Wildman–Crippen LogP) is 2.22. The van der Waals surface area contributed by atoms with Gasteiger partial charge in [0.1, 0.15) is 6.04 Å². The van der Waals surface area contributed by atoms with Crippen LogP contribution >= 0.6 is 0 Å². The first-order chi connectivity index (χ1) is 8.61. The van der Waals surface area contributed by atoms with Crippen LogP contribution in [0.25, 0.3) is 0 Å². The molecule has 1 saturated heterocycles. The average molecular weight is 246 g/mol. The minimum Gasteiger partial charge on any atom is -0.326 e. The zero-order valence-electron chi connectivity index (χ0n) is 10.8. The third-order valence-corrected chi connectivity index (χ3v) is 3.15. The molecule has 3 amide bonds. The second-order valence-electron chi connectivity index (χ2n) is 4.70. The highest BCUT2D eigenvalue weighted by Gasteiger charge is 2.36. The first kappa shape index (κ1) is 12.6. The summed E-state index contributed by atoms with van der Waals surface area (Å²) < 4.78 is 0. The van der Waals surface area contributed by atoms with E-state index in [9.17, 15) is 9.59 Å². The fourth-order valence-electron chi connectivity index (χ4n) is 2.09. The monoisotopic (exact) mass is 246 g/mol. The smallest absolute Gasteiger partial charge is 0.325 e. The molecule has 4 heteroatoms.